The number of nitrogens with one attached hydrogen (secondary N) is 1. The molecule has 33 heavy (non-hydrogen) atoms. The Labute approximate surface area is 185 Å². The minimum atomic E-state index is -4.56. The van der Waals surface area contributed by atoms with Crippen molar-refractivity contribution in [3.8, 4) is 0 Å². The van der Waals surface area contributed by atoms with Gasteiger partial charge in [0.2, 0.25) is 0 Å². The Morgan fingerprint density at radius 2 is 2.15 bits per heavy atom. The number of imidazole rings is 1. The number of hydrogen-bond acceptors (Lipinski definition) is 5. The fraction of sp³-hybridized carbons (Fsp3) is 0.650. The van der Waals surface area contributed by atoms with Gasteiger partial charge in [0.15, 0.2) is 5.65 Å². The summed E-state index contributed by atoms with van der Waals surface area (Å²) in [5, 5.41) is 6.23. The highest BCUT2D eigenvalue weighted by molar-refractivity contribution is 5.77. The molecule has 0 bridgehead atoms. The zero-order valence-electron chi connectivity index (χ0n) is 17.6. The van der Waals surface area contributed by atoms with E-state index in [2.05, 4.69) is 10.1 Å². The van der Waals surface area contributed by atoms with E-state index < -0.39 is 48.2 Å². The first kappa shape index (κ1) is 22.3. The smallest absolute Gasteiger partial charge is 0.382 e. The highest BCUT2D eigenvalue weighted by atomic mass is 19.4. The number of nitrogens with zero attached hydrogens (tertiary/aromatic N) is 4. The quantitative estimate of drug-likeness (QED) is 0.627. The summed E-state index contributed by atoms with van der Waals surface area (Å²) in [4.78, 5) is 17.8. The molecular weight excluding hydrogens is 451 g/mol. The molecule has 1 saturated heterocycles. The van der Waals surface area contributed by atoms with E-state index in [1.54, 1.807) is 12.3 Å². The summed E-state index contributed by atoms with van der Waals surface area (Å²) in [7, 11) is 1.39. The molecule has 0 radical (unpaired) electrons. The van der Waals surface area contributed by atoms with Gasteiger partial charge < -0.3 is 20.7 Å². The molecule has 2 aromatic rings. The molecular formula is C20H23F5N6O2. The first-order valence-corrected chi connectivity index (χ1v) is 10.6. The molecule has 3 aliphatic rings. The van der Waals surface area contributed by atoms with Crippen molar-refractivity contribution in [1.29, 1.82) is 0 Å². The third kappa shape index (κ3) is 3.52. The number of methoxy groups -OCH3 is 1. The number of fused-ring (bicyclic) bond motifs is 2. The number of nitrogens with two attached hydrogens (primary N) is 1. The Kier molecular flexibility index (Phi) is 4.88. The van der Waals surface area contributed by atoms with E-state index in [1.165, 1.54) is 17.8 Å². The van der Waals surface area contributed by atoms with Gasteiger partial charge in [-0.2, -0.15) is 18.3 Å². The lowest BCUT2D eigenvalue weighted by Crippen LogP contribution is -2.40. The van der Waals surface area contributed by atoms with Gasteiger partial charge in [-0.15, -0.1) is 0 Å². The second-order valence-electron chi connectivity index (χ2n) is 9.22. The molecule has 0 aromatic carbocycles. The minimum Gasteiger partial charge on any atom is -0.382 e. The van der Waals surface area contributed by atoms with Gasteiger partial charge in [-0.3, -0.25) is 0 Å². The van der Waals surface area contributed by atoms with Crippen LogP contribution in [0.1, 0.15) is 30.1 Å². The number of ether oxygens (including phenoxy) is 1. The minimum absolute atomic E-state index is 0.00200. The number of urea groups is 1. The van der Waals surface area contributed by atoms with Crippen LogP contribution in [0.4, 0.5) is 26.7 Å². The van der Waals surface area contributed by atoms with Crippen LogP contribution in [0.25, 0.3) is 5.65 Å². The largest absolute Gasteiger partial charge is 0.410 e. The van der Waals surface area contributed by atoms with Crippen molar-refractivity contribution in [1.82, 2.24) is 24.8 Å². The van der Waals surface area contributed by atoms with Gasteiger partial charge in [0.05, 0.1) is 42.8 Å². The number of carbonyl (C=O) groups excluding carboxylic acids is 1. The van der Waals surface area contributed by atoms with Crippen LogP contribution in [0.3, 0.4) is 0 Å². The fourth-order valence-corrected chi connectivity index (χ4v) is 5.29. The van der Waals surface area contributed by atoms with Gasteiger partial charge >= 0.3 is 12.2 Å². The van der Waals surface area contributed by atoms with E-state index >= 15 is 0 Å². The zero-order valence-corrected chi connectivity index (χ0v) is 17.6. The van der Waals surface area contributed by atoms with Crippen LogP contribution in [0.15, 0.2) is 18.5 Å². The molecule has 2 aromatic heterocycles. The van der Waals surface area contributed by atoms with Crippen LogP contribution in [0.5, 0.6) is 0 Å². The summed E-state index contributed by atoms with van der Waals surface area (Å²) < 4.78 is 73.3. The molecule has 1 aliphatic heterocycles. The summed E-state index contributed by atoms with van der Waals surface area (Å²) in [6.07, 6.45) is -0.356. The lowest BCUT2D eigenvalue weighted by molar-refractivity contribution is -0.150. The third-order valence-electron chi connectivity index (χ3n) is 7.10. The van der Waals surface area contributed by atoms with Crippen molar-refractivity contribution >= 4 is 11.7 Å². The van der Waals surface area contributed by atoms with E-state index in [0.717, 1.165) is 4.90 Å². The van der Waals surface area contributed by atoms with E-state index in [0.29, 0.717) is 29.7 Å². The van der Waals surface area contributed by atoms with Gasteiger partial charge in [0.1, 0.15) is 6.04 Å². The molecule has 2 saturated carbocycles. The van der Waals surface area contributed by atoms with Crippen LogP contribution >= 0.6 is 0 Å². The molecule has 180 valence electrons. The van der Waals surface area contributed by atoms with Gasteiger partial charge in [-0.1, -0.05) is 0 Å². The summed E-state index contributed by atoms with van der Waals surface area (Å²) in [5.41, 5.74) is 6.00. The van der Waals surface area contributed by atoms with Crippen molar-refractivity contribution in [2.45, 2.75) is 49.0 Å². The molecule has 0 spiro atoms. The second kappa shape index (κ2) is 7.23. The maximum absolute atomic E-state index is 13.7. The van der Waals surface area contributed by atoms with Crippen molar-refractivity contribution in [2.75, 3.05) is 20.3 Å². The maximum atomic E-state index is 13.7. The number of hydrogen-bond donors (Lipinski definition) is 2. The Morgan fingerprint density at radius 1 is 1.39 bits per heavy atom. The van der Waals surface area contributed by atoms with Crippen molar-refractivity contribution < 1.29 is 31.5 Å². The van der Waals surface area contributed by atoms with E-state index in [9.17, 15) is 26.7 Å². The predicted octanol–water partition coefficient (Wildman–Crippen LogP) is 2.29. The number of alkyl halides is 5. The number of halogens is 5. The number of aromatic nitrogens is 3. The Bertz CT molecular complexity index is 1090. The standard InChI is InChI=1S/C20H23F5N6O2/c1-33-9-13(30-8-15(20(23,24)25)29-17(30)32)11-4-16-28-12(7-31(16)27-6-11)2-10-3-14-18(26,5-10)19(14,21)22/h4,6-7,10,13-15H,2-3,5,8-9,26H2,1H3,(H,29,32)/t10-,13+,14-,15-,18-/m0/s1. The molecule has 5 atom stereocenters. The normalized spacial score (nSPS) is 31.7. The first-order chi connectivity index (χ1) is 15.4. The van der Waals surface area contributed by atoms with Gasteiger partial charge in [-0.25, -0.2) is 23.1 Å². The molecule has 3 N–H and O–H groups in total. The molecule has 8 nitrogen and oxygen atoms in total. The Morgan fingerprint density at radius 3 is 2.76 bits per heavy atom. The molecule has 3 heterocycles. The lowest BCUT2D eigenvalue weighted by atomic mass is 9.96. The monoisotopic (exact) mass is 474 g/mol. The van der Waals surface area contributed by atoms with Crippen molar-refractivity contribution in [2.24, 2.45) is 17.6 Å². The fourth-order valence-electron chi connectivity index (χ4n) is 5.29. The van der Waals surface area contributed by atoms with Crippen molar-refractivity contribution in [3.63, 3.8) is 0 Å². The zero-order chi connectivity index (χ0) is 23.8. The maximum Gasteiger partial charge on any atom is 0.410 e. The number of rotatable bonds is 6. The molecule has 13 heteroatoms. The van der Waals surface area contributed by atoms with Gasteiger partial charge in [0.25, 0.3) is 5.92 Å². The van der Waals surface area contributed by atoms with Crippen molar-refractivity contribution in [3.05, 3.63) is 29.7 Å². The van der Waals surface area contributed by atoms with Crippen LogP contribution in [0.2, 0.25) is 0 Å². The molecule has 5 rings (SSSR count). The van der Waals surface area contributed by atoms with Gasteiger partial charge in [0, 0.05) is 18.6 Å². The molecule has 3 fully saturated rings. The summed E-state index contributed by atoms with van der Waals surface area (Å²) >= 11 is 0. The molecule has 2 amide bonds. The first-order valence-electron chi connectivity index (χ1n) is 10.6. The van der Waals surface area contributed by atoms with Crippen LogP contribution < -0.4 is 11.1 Å². The average Bonchev–Trinajstić information content (AvgIpc) is 3.24. The number of carbonyl (C=O) groups is 1. The van der Waals surface area contributed by atoms with Crippen LogP contribution in [0, 0.1) is 11.8 Å². The average molecular weight is 474 g/mol. The van der Waals surface area contributed by atoms with E-state index in [4.69, 9.17) is 10.5 Å². The molecule has 0 unspecified atom stereocenters. The van der Waals surface area contributed by atoms with E-state index in [1.807, 2.05) is 5.32 Å². The highest BCUT2D eigenvalue weighted by Crippen LogP contribution is 2.67. The Balaban J connectivity index is 1.34. The summed E-state index contributed by atoms with van der Waals surface area (Å²) in [6, 6.07) is -1.95. The van der Waals surface area contributed by atoms with Crippen LogP contribution in [-0.4, -0.2) is 69.5 Å². The van der Waals surface area contributed by atoms with E-state index in [-0.39, 0.29) is 18.9 Å². The second-order valence-corrected chi connectivity index (χ2v) is 9.22. The summed E-state index contributed by atoms with van der Waals surface area (Å²) in [5.74, 6) is -3.57. The van der Waals surface area contributed by atoms with Gasteiger partial charge in [-0.05, 0) is 31.2 Å². The lowest BCUT2D eigenvalue weighted by Gasteiger charge is -2.26. The topological polar surface area (TPSA) is 97.8 Å². The summed E-state index contributed by atoms with van der Waals surface area (Å²) in [6.45, 7) is -0.574. The third-order valence-corrected chi connectivity index (χ3v) is 7.10. The Hall–Kier alpha value is -2.54. The SMILES string of the molecule is COC[C@H](c1cnn2cc(C[C@H]3C[C@@H]4C(F)(F)[C@]4(N)C3)nc2c1)N1C[C@@H](C(F)(F)F)NC1=O. The predicted molar refractivity (Wildman–Crippen MR) is 104 cm³/mol. The highest BCUT2D eigenvalue weighted by Gasteiger charge is 2.81. The number of amides is 2. The molecule has 2 aliphatic carbocycles. The van der Waals surface area contributed by atoms with Crippen LogP contribution in [-0.2, 0) is 11.2 Å².